The third kappa shape index (κ3) is 2.49. The van der Waals surface area contributed by atoms with Crippen molar-refractivity contribution in [3.63, 3.8) is 0 Å². The number of hydrogen-bond acceptors (Lipinski definition) is 3. The van der Waals surface area contributed by atoms with Crippen LogP contribution in [0.25, 0.3) is 0 Å². The van der Waals surface area contributed by atoms with Gasteiger partial charge in [-0.25, -0.2) is 4.79 Å². The number of piperidine rings is 1. The summed E-state index contributed by atoms with van der Waals surface area (Å²) in [4.78, 5) is 16.4. The number of aromatic amines is 1. The van der Waals surface area contributed by atoms with E-state index in [1.165, 1.54) is 0 Å². The minimum absolute atomic E-state index is 0.0355. The molecule has 2 rings (SSSR count). The Bertz CT molecular complexity index is 381. The van der Waals surface area contributed by atoms with Gasteiger partial charge in [-0.2, -0.15) is 0 Å². The van der Waals surface area contributed by atoms with Crippen molar-refractivity contribution in [3.8, 4) is 0 Å². The van der Waals surface area contributed by atoms with Crippen molar-refractivity contribution >= 4 is 0 Å². The highest BCUT2D eigenvalue weighted by Crippen LogP contribution is 2.08. The summed E-state index contributed by atoms with van der Waals surface area (Å²) in [6.45, 7) is 4.46. The maximum absolute atomic E-state index is 11.4. The van der Waals surface area contributed by atoms with Crippen molar-refractivity contribution in [3.05, 3.63) is 22.4 Å². The Morgan fingerprint density at radius 1 is 1.67 bits per heavy atom. The molecule has 5 nitrogen and oxygen atoms in total. The van der Waals surface area contributed by atoms with Crippen molar-refractivity contribution in [2.45, 2.75) is 32.5 Å². The predicted octanol–water partition coefficient (Wildman–Crippen LogP) is -0.135. The normalized spacial score (nSPS) is 23.2. The fourth-order valence-electron chi connectivity index (χ4n) is 2.11. The maximum atomic E-state index is 11.4. The van der Waals surface area contributed by atoms with E-state index >= 15 is 0 Å². The Morgan fingerprint density at radius 3 is 3.07 bits per heavy atom. The summed E-state index contributed by atoms with van der Waals surface area (Å²) in [6, 6.07) is 0.259. The lowest BCUT2D eigenvalue weighted by atomic mass is 10.1. The molecular weight excluding hydrogens is 192 g/mol. The van der Waals surface area contributed by atoms with Crippen LogP contribution in [0.2, 0.25) is 0 Å². The average Bonchev–Trinajstić information content (AvgIpc) is 2.45. The van der Waals surface area contributed by atoms with Crippen LogP contribution in [0.4, 0.5) is 0 Å². The van der Waals surface area contributed by atoms with Crippen LogP contribution in [-0.4, -0.2) is 33.6 Å². The Labute approximate surface area is 88.9 Å². The molecule has 3 N–H and O–H groups in total. The molecule has 0 aliphatic carbocycles. The summed E-state index contributed by atoms with van der Waals surface area (Å²) < 4.78 is 1.70. The lowest BCUT2D eigenvalue weighted by Crippen LogP contribution is -2.44. The fourth-order valence-corrected chi connectivity index (χ4v) is 2.11. The topological polar surface area (TPSA) is 67.0 Å². The van der Waals surface area contributed by atoms with E-state index in [9.17, 15) is 4.79 Å². The number of hydrogen-bond donors (Lipinski definition) is 2. The number of nitrogens with zero attached hydrogens (tertiary/aromatic N) is 2. The van der Waals surface area contributed by atoms with Crippen LogP contribution in [0.15, 0.2) is 11.0 Å². The summed E-state index contributed by atoms with van der Waals surface area (Å²) >= 11 is 0. The van der Waals surface area contributed by atoms with Crippen LogP contribution in [0.5, 0.6) is 0 Å². The maximum Gasteiger partial charge on any atom is 0.326 e. The van der Waals surface area contributed by atoms with Gasteiger partial charge >= 0.3 is 5.69 Å². The number of imidazole rings is 1. The second-order valence-corrected chi connectivity index (χ2v) is 4.33. The third-order valence-corrected chi connectivity index (χ3v) is 2.81. The van der Waals surface area contributed by atoms with Gasteiger partial charge in [0.2, 0.25) is 0 Å². The highest BCUT2D eigenvalue weighted by molar-refractivity contribution is 4.92. The number of nitrogens with two attached hydrogens (primary N) is 1. The third-order valence-electron chi connectivity index (χ3n) is 2.81. The summed E-state index contributed by atoms with van der Waals surface area (Å²) in [5.74, 6) is 0. The quantitative estimate of drug-likeness (QED) is 0.714. The molecule has 1 unspecified atom stereocenters. The molecule has 0 aromatic carbocycles. The van der Waals surface area contributed by atoms with Gasteiger partial charge in [0, 0.05) is 24.5 Å². The molecule has 2 heterocycles. The smallest absolute Gasteiger partial charge is 0.326 e. The molecule has 0 saturated carbocycles. The molecule has 1 aliphatic heterocycles. The molecule has 15 heavy (non-hydrogen) atoms. The average molecular weight is 210 g/mol. The molecule has 84 valence electrons. The summed E-state index contributed by atoms with van der Waals surface area (Å²) in [5, 5.41) is 0. The zero-order valence-electron chi connectivity index (χ0n) is 9.07. The van der Waals surface area contributed by atoms with Crippen LogP contribution in [-0.2, 0) is 6.67 Å². The van der Waals surface area contributed by atoms with Gasteiger partial charge in [0.05, 0.1) is 6.67 Å². The van der Waals surface area contributed by atoms with Gasteiger partial charge in [-0.15, -0.1) is 0 Å². The fraction of sp³-hybridized carbons (Fsp3) is 0.700. The largest absolute Gasteiger partial charge is 0.327 e. The predicted molar refractivity (Wildman–Crippen MR) is 58.6 cm³/mol. The Balaban J connectivity index is 2.02. The molecule has 0 bridgehead atoms. The van der Waals surface area contributed by atoms with E-state index in [0.29, 0.717) is 6.67 Å². The van der Waals surface area contributed by atoms with E-state index in [-0.39, 0.29) is 11.7 Å². The number of aryl methyl sites for hydroxylation is 1. The highest BCUT2D eigenvalue weighted by Gasteiger charge is 2.17. The molecule has 1 aliphatic rings. The van der Waals surface area contributed by atoms with E-state index < -0.39 is 0 Å². The number of H-pyrrole nitrogens is 1. The van der Waals surface area contributed by atoms with Gasteiger partial charge in [0.15, 0.2) is 0 Å². The number of aromatic nitrogens is 2. The molecule has 0 spiro atoms. The summed E-state index contributed by atoms with van der Waals surface area (Å²) in [5.41, 5.74) is 6.75. The molecular formula is C10H18N4O. The molecule has 5 heteroatoms. The van der Waals surface area contributed by atoms with Crippen LogP contribution in [0.3, 0.4) is 0 Å². The van der Waals surface area contributed by atoms with Gasteiger partial charge in [0.25, 0.3) is 0 Å². The SMILES string of the molecule is Cc1cn(CN2CCCC(N)C2)c(=O)[nH]1. The van der Waals surface area contributed by atoms with Crippen LogP contribution in [0, 0.1) is 6.92 Å². The van der Waals surface area contributed by atoms with Crippen molar-refractivity contribution < 1.29 is 0 Å². The Morgan fingerprint density at radius 2 is 2.47 bits per heavy atom. The van der Waals surface area contributed by atoms with E-state index in [2.05, 4.69) is 9.88 Å². The Kier molecular flexibility index (Phi) is 2.93. The van der Waals surface area contributed by atoms with Crippen LogP contribution >= 0.6 is 0 Å². The van der Waals surface area contributed by atoms with Crippen molar-refractivity contribution in [1.29, 1.82) is 0 Å². The summed E-state index contributed by atoms with van der Waals surface area (Å²) in [7, 11) is 0. The molecule has 1 saturated heterocycles. The van der Waals surface area contributed by atoms with Crippen LogP contribution < -0.4 is 11.4 Å². The Hall–Kier alpha value is -1.07. The number of nitrogens with one attached hydrogen (secondary N) is 1. The first-order chi connectivity index (χ1) is 7.15. The van der Waals surface area contributed by atoms with Gasteiger partial charge < -0.3 is 10.7 Å². The second-order valence-electron chi connectivity index (χ2n) is 4.33. The molecule has 0 radical (unpaired) electrons. The first-order valence-corrected chi connectivity index (χ1v) is 5.39. The van der Waals surface area contributed by atoms with E-state index in [1.807, 2.05) is 13.1 Å². The minimum Gasteiger partial charge on any atom is -0.327 e. The van der Waals surface area contributed by atoms with E-state index in [1.54, 1.807) is 4.57 Å². The minimum atomic E-state index is -0.0355. The van der Waals surface area contributed by atoms with Gasteiger partial charge in [-0.05, 0) is 26.3 Å². The van der Waals surface area contributed by atoms with E-state index in [0.717, 1.165) is 31.6 Å². The lowest BCUT2D eigenvalue weighted by Gasteiger charge is -2.30. The van der Waals surface area contributed by atoms with Gasteiger partial charge in [-0.1, -0.05) is 0 Å². The van der Waals surface area contributed by atoms with Crippen LogP contribution in [0.1, 0.15) is 18.5 Å². The second kappa shape index (κ2) is 4.20. The monoisotopic (exact) mass is 210 g/mol. The molecule has 1 aromatic rings. The zero-order chi connectivity index (χ0) is 10.8. The zero-order valence-corrected chi connectivity index (χ0v) is 9.07. The van der Waals surface area contributed by atoms with Crippen molar-refractivity contribution in [2.24, 2.45) is 5.73 Å². The van der Waals surface area contributed by atoms with Gasteiger partial charge in [0.1, 0.15) is 0 Å². The number of rotatable bonds is 2. The van der Waals surface area contributed by atoms with Crippen molar-refractivity contribution in [1.82, 2.24) is 14.5 Å². The highest BCUT2D eigenvalue weighted by atomic mass is 16.1. The number of likely N-dealkylation sites (tertiary alicyclic amines) is 1. The molecule has 1 atom stereocenters. The van der Waals surface area contributed by atoms with Crippen molar-refractivity contribution in [2.75, 3.05) is 13.1 Å². The standard InChI is InChI=1S/C10H18N4O/c1-8-5-14(10(15)12-8)7-13-4-2-3-9(11)6-13/h5,9H,2-4,6-7,11H2,1H3,(H,12,15). The molecule has 0 amide bonds. The van der Waals surface area contributed by atoms with E-state index in [4.69, 9.17) is 5.73 Å². The lowest BCUT2D eigenvalue weighted by molar-refractivity contribution is 0.165. The first-order valence-electron chi connectivity index (χ1n) is 5.39. The molecule has 1 fully saturated rings. The summed E-state index contributed by atoms with van der Waals surface area (Å²) in [6.07, 6.45) is 4.07. The molecule has 1 aromatic heterocycles. The first kappa shape index (κ1) is 10.4. The van der Waals surface area contributed by atoms with Gasteiger partial charge in [-0.3, -0.25) is 9.47 Å².